The predicted octanol–water partition coefficient (Wildman–Crippen LogP) is 13.3. The van der Waals surface area contributed by atoms with Gasteiger partial charge in [-0.2, -0.15) is 0 Å². The lowest BCUT2D eigenvalue weighted by molar-refractivity contribution is -0.143. The lowest BCUT2D eigenvalue weighted by Crippen LogP contribution is -2.42. The van der Waals surface area contributed by atoms with Gasteiger partial charge in [-0.1, -0.05) is 112 Å². The lowest BCUT2D eigenvalue weighted by atomic mass is 9.85. The highest BCUT2D eigenvalue weighted by Crippen LogP contribution is 2.46. The summed E-state index contributed by atoms with van der Waals surface area (Å²) in [6.45, 7) is 23.9. The average Bonchev–Trinajstić information content (AvgIpc) is 3.50. The molecule has 0 aliphatic heterocycles. The van der Waals surface area contributed by atoms with Gasteiger partial charge in [-0.25, -0.2) is 0 Å². The van der Waals surface area contributed by atoms with Gasteiger partial charge in [0.2, 0.25) is 0 Å². The van der Waals surface area contributed by atoms with E-state index in [1.165, 1.54) is 60.0 Å². The maximum Gasteiger partial charge on any atom is 0.305 e. The van der Waals surface area contributed by atoms with E-state index >= 15 is 0 Å². The molecule has 0 saturated heterocycles. The normalized spacial score (nSPS) is 20.5. The highest BCUT2D eigenvalue weighted by molar-refractivity contribution is 6.74. The summed E-state index contributed by atoms with van der Waals surface area (Å²) >= 11 is 0. The van der Waals surface area contributed by atoms with Gasteiger partial charge in [0.1, 0.15) is 0 Å². The molecular weight excluding hydrogens is 693 g/mol. The fourth-order valence-electron chi connectivity index (χ4n) is 8.76. The van der Waals surface area contributed by atoms with E-state index in [1.807, 2.05) is 6.92 Å². The van der Waals surface area contributed by atoms with Gasteiger partial charge in [-0.3, -0.25) is 4.79 Å². The summed E-state index contributed by atoms with van der Waals surface area (Å²) in [7, 11) is -5.45. The fraction of sp³-hybridized carbons (Fsp3) is 0.795. The third kappa shape index (κ3) is 14.6. The molecule has 1 aliphatic carbocycles. The maximum absolute atomic E-state index is 12.1. The van der Waals surface area contributed by atoms with E-state index < -0.39 is 25.0 Å². The number of carbonyl (C=O) groups is 1. The Kier molecular flexibility index (Phi) is 22.8. The second-order valence-electron chi connectivity index (χ2n) is 15.8. The Balaban J connectivity index is 2.45. The van der Waals surface area contributed by atoms with Gasteiger partial charge in [0.15, 0.2) is 25.0 Å². The fourth-order valence-corrected chi connectivity index (χ4v) is 17.5. The summed E-state index contributed by atoms with van der Waals surface area (Å²) in [5.41, 5.74) is 1.41. The molecule has 0 unspecified atom stereocenters. The van der Waals surface area contributed by atoms with Crippen molar-refractivity contribution in [3.05, 3.63) is 48.0 Å². The van der Waals surface area contributed by atoms with Gasteiger partial charge < -0.3 is 18.0 Å². The number of aryl methyl sites for hydroxylation is 1. The van der Waals surface area contributed by atoms with Crippen LogP contribution in [0.25, 0.3) is 0 Å². The van der Waals surface area contributed by atoms with Crippen LogP contribution in [-0.2, 0) is 29.2 Å². The minimum absolute atomic E-state index is 0.0692. The van der Waals surface area contributed by atoms with Crippen LogP contribution >= 0.6 is 0 Å². The van der Waals surface area contributed by atoms with Crippen molar-refractivity contribution in [1.29, 1.82) is 0 Å². The molecule has 1 fully saturated rings. The summed E-state index contributed by atoms with van der Waals surface area (Å²) < 4.78 is 27.7. The molecule has 0 aromatic heterocycles. The van der Waals surface area contributed by atoms with Crippen molar-refractivity contribution >= 4 is 30.9 Å². The van der Waals surface area contributed by atoms with E-state index in [9.17, 15) is 4.79 Å². The molecule has 5 nitrogen and oxygen atoms in total. The topological polar surface area (TPSA) is 54.0 Å². The first-order valence-electron chi connectivity index (χ1n) is 22.0. The minimum Gasteiger partial charge on any atom is -0.466 e. The number of esters is 1. The van der Waals surface area contributed by atoms with Crippen LogP contribution < -0.4 is 0 Å². The number of allylic oxidation sites excluding steroid dienone is 2. The molecule has 0 N–H and O–H groups in total. The molecule has 0 bridgehead atoms. The summed E-state index contributed by atoms with van der Waals surface area (Å²) in [5, 5.41) is 0. The smallest absolute Gasteiger partial charge is 0.305 e. The van der Waals surface area contributed by atoms with Gasteiger partial charge in [0, 0.05) is 12.5 Å². The highest BCUT2D eigenvalue weighted by atomic mass is 28.4. The number of benzene rings is 1. The molecule has 8 heteroatoms. The number of unbranched alkanes of at least 4 members (excludes halogenated alkanes) is 1. The van der Waals surface area contributed by atoms with Crippen LogP contribution in [0.3, 0.4) is 0 Å². The summed E-state index contributed by atoms with van der Waals surface area (Å²) in [6, 6.07) is 21.6. The van der Waals surface area contributed by atoms with Crippen LogP contribution in [-0.4, -0.2) is 55.8 Å². The Hall–Kier alpha value is -1.04. The van der Waals surface area contributed by atoms with E-state index in [-0.39, 0.29) is 24.3 Å². The zero-order valence-corrected chi connectivity index (χ0v) is 38.6. The standard InChI is InChI=1S/C44H82O5Si3/c1-11-36-46-44(45)31-27-22-21-26-30-40-41(35-34-39(47-50(12-2,13-3)14-4)33-32-38-28-24-23-25-29-38)43(49-52(18-8,19-9)20-10)37-42(40)48-51(15-5,16-6)17-7/h21,23-26,28-29,39-43H,11-20,22,27,30-37H2,1-10H3/t39-,40+,41+,42-,43+/m0/s1. The molecule has 1 saturated carbocycles. The van der Waals surface area contributed by atoms with Crippen molar-refractivity contribution in [1.82, 2.24) is 0 Å². The van der Waals surface area contributed by atoms with Gasteiger partial charge in [0.25, 0.3) is 0 Å². The number of ether oxygens (including phenoxy) is 1. The molecule has 1 aromatic rings. The molecule has 0 heterocycles. The van der Waals surface area contributed by atoms with E-state index in [0.717, 1.165) is 57.8 Å². The predicted molar refractivity (Wildman–Crippen MR) is 231 cm³/mol. The molecule has 1 aromatic carbocycles. The molecule has 52 heavy (non-hydrogen) atoms. The average molecular weight is 775 g/mol. The molecule has 2 rings (SSSR count). The lowest BCUT2D eigenvalue weighted by Gasteiger charge is -2.37. The third-order valence-electron chi connectivity index (χ3n) is 13.2. The van der Waals surface area contributed by atoms with Crippen LogP contribution in [0.15, 0.2) is 42.5 Å². The first-order valence-corrected chi connectivity index (χ1v) is 29.6. The highest BCUT2D eigenvalue weighted by Gasteiger charge is 2.49. The maximum atomic E-state index is 12.1. The third-order valence-corrected chi connectivity index (χ3v) is 27.2. The summed E-state index contributed by atoms with van der Waals surface area (Å²) in [5.74, 6) is 0.821. The van der Waals surface area contributed by atoms with Gasteiger partial charge in [-0.05, 0) is 130 Å². The van der Waals surface area contributed by atoms with Crippen molar-refractivity contribution in [3.63, 3.8) is 0 Å². The van der Waals surface area contributed by atoms with Crippen molar-refractivity contribution in [2.45, 2.75) is 206 Å². The minimum atomic E-state index is -1.84. The van der Waals surface area contributed by atoms with Crippen LogP contribution in [0.1, 0.15) is 133 Å². The molecule has 5 atom stereocenters. The zero-order valence-electron chi connectivity index (χ0n) is 35.6. The van der Waals surface area contributed by atoms with Crippen molar-refractivity contribution < 1.29 is 22.8 Å². The Morgan fingerprint density at radius 1 is 0.712 bits per heavy atom. The Labute approximate surface area is 325 Å². The molecule has 0 spiro atoms. The van der Waals surface area contributed by atoms with E-state index in [1.54, 1.807) is 0 Å². The quantitative estimate of drug-likeness (QED) is 0.0351. The zero-order chi connectivity index (χ0) is 38.5. The van der Waals surface area contributed by atoms with E-state index in [2.05, 4.69) is 105 Å². The van der Waals surface area contributed by atoms with Gasteiger partial charge in [0.05, 0.1) is 18.8 Å². The van der Waals surface area contributed by atoms with Crippen LogP contribution in [0.5, 0.6) is 0 Å². The summed E-state index contributed by atoms with van der Waals surface area (Å²) in [4.78, 5) is 12.1. The second-order valence-corrected chi connectivity index (χ2v) is 29.9. The van der Waals surface area contributed by atoms with E-state index in [0.29, 0.717) is 24.9 Å². The summed E-state index contributed by atoms with van der Waals surface area (Å²) in [6.07, 6.45) is 15.0. The van der Waals surface area contributed by atoms with Crippen LogP contribution in [0.4, 0.5) is 0 Å². The van der Waals surface area contributed by atoms with Crippen LogP contribution in [0, 0.1) is 11.8 Å². The van der Waals surface area contributed by atoms with Gasteiger partial charge in [-0.15, -0.1) is 0 Å². The van der Waals surface area contributed by atoms with Crippen molar-refractivity contribution in [3.8, 4) is 0 Å². The largest absolute Gasteiger partial charge is 0.466 e. The number of rotatable bonds is 29. The first-order chi connectivity index (χ1) is 25.1. The van der Waals surface area contributed by atoms with Gasteiger partial charge >= 0.3 is 5.97 Å². The van der Waals surface area contributed by atoms with Crippen molar-refractivity contribution in [2.24, 2.45) is 11.8 Å². The number of hydrogen-bond acceptors (Lipinski definition) is 5. The second kappa shape index (κ2) is 25.2. The molecule has 1 aliphatic rings. The Morgan fingerprint density at radius 2 is 1.25 bits per heavy atom. The Morgan fingerprint density at radius 3 is 1.77 bits per heavy atom. The first kappa shape index (κ1) is 47.1. The van der Waals surface area contributed by atoms with Crippen molar-refractivity contribution in [2.75, 3.05) is 6.61 Å². The molecular formula is C44H82O5Si3. The molecule has 300 valence electrons. The number of carbonyl (C=O) groups excluding carboxylic acids is 1. The SMILES string of the molecule is CCCOC(=O)CCCC=CC[C@@H]1[C@@H](CC[C@H](CCc2ccccc2)O[Si](CC)(CC)CC)[C@H](O[Si](CC)(CC)CC)C[C@@H]1O[Si](CC)(CC)CC. The molecule has 0 radical (unpaired) electrons. The Bertz CT molecular complexity index is 1080. The molecule has 0 amide bonds. The monoisotopic (exact) mass is 775 g/mol. The van der Waals surface area contributed by atoms with Crippen LogP contribution in [0.2, 0.25) is 54.4 Å². The number of hydrogen-bond donors (Lipinski definition) is 0. The van der Waals surface area contributed by atoms with E-state index in [4.69, 9.17) is 18.0 Å².